The van der Waals surface area contributed by atoms with Crippen molar-refractivity contribution in [2.75, 3.05) is 25.4 Å². The molecule has 0 aliphatic heterocycles. The van der Waals surface area contributed by atoms with Crippen molar-refractivity contribution in [2.24, 2.45) is 5.73 Å². The zero-order valence-corrected chi connectivity index (χ0v) is 12.1. The highest BCUT2D eigenvalue weighted by Crippen LogP contribution is 2.27. The molecule has 0 spiro atoms. The second kappa shape index (κ2) is 5.67. The van der Waals surface area contributed by atoms with Gasteiger partial charge in [0.25, 0.3) is 0 Å². The lowest BCUT2D eigenvalue weighted by Crippen LogP contribution is -2.38. The minimum absolute atomic E-state index is 0.261. The molecule has 0 heterocycles. The molecule has 5 heteroatoms. The molecule has 0 atom stereocenters. The lowest BCUT2D eigenvalue weighted by atomic mass is 10.3. The molecule has 1 saturated carbocycles. The molecule has 0 amide bonds. The molecule has 17 heavy (non-hydrogen) atoms. The first-order valence-corrected chi connectivity index (χ1v) is 8.09. The fraction of sp³-hybridized carbons (Fsp3) is 1.00. The second-order valence-corrected chi connectivity index (χ2v) is 8.70. The van der Waals surface area contributed by atoms with Crippen LogP contribution in [-0.4, -0.2) is 49.5 Å². The van der Waals surface area contributed by atoms with Gasteiger partial charge in [0.15, 0.2) is 9.84 Å². The lowest BCUT2D eigenvalue weighted by Gasteiger charge is -2.25. The fourth-order valence-corrected chi connectivity index (χ4v) is 2.84. The Bertz CT molecular complexity index is 329. The van der Waals surface area contributed by atoms with Gasteiger partial charge < -0.3 is 5.73 Å². The maximum absolute atomic E-state index is 12.0. The molecule has 1 rings (SSSR count). The van der Waals surface area contributed by atoms with Crippen molar-refractivity contribution in [3.05, 3.63) is 0 Å². The molecule has 102 valence electrons. The average molecular weight is 262 g/mol. The summed E-state index contributed by atoms with van der Waals surface area (Å²) in [5.41, 5.74) is 5.50. The fourth-order valence-electron chi connectivity index (χ4n) is 1.75. The van der Waals surface area contributed by atoms with Crippen molar-refractivity contribution in [1.29, 1.82) is 0 Å². The molecule has 0 aromatic heterocycles. The zero-order chi connectivity index (χ0) is 13.1. The molecular weight excluding hydrogens is 236 g/mol. The zero-order valence-electron chi connectivity index (χ0n) is 11.3. The first-order chi connectivity index (χ1) is 7.78. The van der Waals surface area contributed by atoms with Gasteiger partial charge in [-0.1, -0.05) is 0 Å². The summed E-state index contributed by atoms with van der Waals surface area (Å²) in [7, 11) is -3.00. The summed E-state index contributed by atoms with van der Waals surface area (Å²) in [5, 5.41) is 0. The van der Waals surface area contributed by atoms with Crippen molar-refractivity contribution in [1.82, 2.24) is 4.90 Å². The molecule has 0 radical (unpaired) electrons. The quantitative estimate of drug-likeness (QED) is 0.744. The smallest absolute Gasteiger partial charge is 0.156 e. The Kier molecular flexibility index (Phi) is 4.98. The first-order valence-electron chi connectivity index (χ1n) is 6.44. The van der Waals surface area contributed by atoms with E-state index in [9.17, 15) is 8.42 Å². The third kappa shape index (κ3) is 4.56. The van der Waals surface area contributed by atoms with E-state index in [1.807, 2.05) is 0 Å². The number of nitrogens with zero attached hydrogens (tertiary/aromatic N) is 1. The Labute approximate surface area is 105 Å². The molecule has 0 aromatic carbocycles. The monoisotopic (exact) mass is 262 g/mol. The van der Waals surface area contributed by atoms with Crippen LogP contribution in [0.5, 0.6) is 0 Å². The van der Waals surface area contributed by atoms with E-state index in [1.54, 1.807) is 20.8 Å². The Balaban J connectivity index is 2.46. The summed E-state index contributed by atoms with van der Waals surface area (Å²) in [5.74, 6) is 0.261. The van der Waals surface area contributed by atoms with Gasteiger partial charge in [0.1, 0.15) is 0 Å². The highest BCUT2D eigenvalue weighted by Gasteiger charge is 2.32. The van der Waals surface area contributed by atoms with Crippen LogP contribution < -0.4 is 5.73 Å². The largest absolute Gasteiger partial charge is 0.330 e. The third-order valence-electron chi connectivity index (χ3n) is 3.29. The first kappa shape index (κ1) is 14.9. The third-order valence-corrected chi connectivity index (χ3v) is 5.88. The SMILES string of the molecule is CC(C)(C)S(=O)(=O)CCN(CCCN)C1CC1. The highest BCUT2D eigenvalue weighted by atomic mass is 32.2. The van der Waals surface area contributed by atoms with E-state index in [4.69, 9.17) is 5.73 Å². The van der Waals surface area contributed by atoms with E-state index >= 15 is 0 Å². The Morgan fingerprint density at radius 2 is 1.82 bits per heavy atom. The molecule has 0 unspecified atom stereocenters. The van der Waals surface area contributed by atoms with Gasteiger partial charge in [-0.05, 0) is 53.1 Å². The standard InChI is InChI=1S/C12H26N2O2S/c1-12(2,3)17(15,16)10-9-14(8-4-7-13)11-5-6-11/h11H,4-10,13H2,1-3H3. The van der Waals surface area contributed by atoms with Gasteiger partial charge >= 0.3 is 0 Å². The number of hydrogen-bond donors (Lipinski definition) is 1. The van der Waals surface area contributed by atoms with E-state index in [-0.39, 0.29) is 5.75 Å². The number of rotatable bonds is 7. The molecule has 0 aromatic rings. The summed E-state index contributed by atoms with van der Waals surface area (Å²) in [6.07, 6.45) is 3.37. The van der Waals surface area contributed by atoms with Gasteiger partial charge in [0.2, 0.25) is 0 Å². The number of nitrogens with two attached hydrogens (primary N) is 1. The van der Waals surface area contributed by atoms with E-state index in [1.165, 1.54) is 12.8 Å². The van der Waals surface area contributed by atoms with Crippen LogP contribution >= 0.6 is 0 Å². The summed E-state index contributed by atoms with van der Waals surface area (Å²) < 4.78 is 23.4. The van der Waals surface area contributed by atoms with Gasteiger partial charge in [-0.15, -0.1) is 0 Å². The Hall–Kier alpha value is -0.130. The van der Waals surface area contributed by atoms with Gasteiger partial charge in [-0.2, -0.15) is 0 Å². The van der Waals surface area contributed by atoms with Gasteiger partial charge in [-0.25, -0.2) is 8.42 Å². The molecule has 1 aliphatic carbocycles. The Morgan fingerprint density at radius 3 is 2.24 bits per heavy atom. The lowest BCUT2D eigenvalue weighted by molar-refractivity contribution is 0.276. The van der Waals surface area contributed by atoms with Crippen LogP contribution in [0.2, 0.25) is 0 Å². The molecule has 2 N–H and O–H groups in total. The van der Waals surface area contributed by atoms with Crippen LogP contribution in [0.1, 0.15) is 40.0 Å². The molecule has 1 fully saturated rings. The van der Waals surface area contributed by atoms with Gasteiger partial charge in [0.05, 0.1) is 10.5 Å². The summed E-state index contributed by atoms with van der Waals surface area (Å²) in [6.45, 7) is 7.57. The summed E-state index contributed by atoms with van der Waals surface area (Å²) in [6, 6.07) is 0.608. The van der Waals surface area contributed by atoms with Crippen molar-refractivity contribution >= 4 is 9.84 Å². The van der Waals surface area contributed by atoms with Gasteiger partial charge in [0, 0.05) is 12.6 Å². The molecule has 0 saturated heterocycles. The van der Waals surface area contributed by atoms with Crippen LogP contribution in [0.25, 0.3) is 0 Å². The maximum Gasteiger partial charge on any atom is 0.156 e. The van der Waals surface area contributed by atoms with Gasteiger partial charge in [-0.3, -0.25) is 4.90 Å². The molecule has 0 bridgehead atoms. The highest BCUT2D eigenvalue weighted by molar-refractivity contribution is 7.92. The van der Waals surface area contributed by atoms with Crippen molar-refractivity contribution < 1.29 is 8.42 Å². The van der Waals surface area contributed by atoms with E-state index < -0.39 is 14.6 Å². The normalized spacial score (nSPS) is 17.7. The molecule has 4 nitrogen and oxygen atoms in total. The van der Waals surface area contributed by atoms with Crippen LogP contribution in [0.15, 0.2) is 0 Å². The van der Waals surface area contributed by atoms with Crippen LogP contribution in [0, 0.1) is 0 Å². The van der Waals surface area contributed by atoms with Crippen LogP contribution in [-0.2, 0) is 9.84 Å². The minimum Gasteiger partial charge on any atom is -0.330 e. The van der Waals surface area contributed by atoms with E-state index in [0.29, 0.717) is 19.1 Å². The van der Waals surface area contributed by atoms with Crippen molar-refractivity contribution in [2.45, 2.75) is 50.8 Å². The number of hydrogen-bond acceptors (Lipinski definition) is 4. The van der Waals surface area contributed by atoms with Crippen molar-refractivity contribution in [3.8, 4) is 0 Å². The molecular formula is C12H26N2O2S. The predicted octanol–water partition coefficient (Wildman–Crippen LogP) is 1.01. The summed E-state index contributed by atoms with van der Waals surface area (Å²) >= 11 is 0. The number of sulfone groups is 1. The minimum atomic E-state index is -3.00. The van der Waals surface area contributed by atoms with E-state index in [2.05, 4.69) is 4.90 Å². The second-order valence-electron chi connectivity index (χ2n) is 5.84. The molecule has 1 aliphatic rings. The Morgan fingerprint density at radius 1 is 1.24 bits per heavy atom. The van der Waals surface area contributed by atoms with Crippen molar-refractivity contribution in [3.63, 3.8) is 0 Å². The van der Waals surface area contributed by atoms with E-state index in [0.717, 1.165) is 13.0 Å². The maximum atomic E-state index is 12.0. The van der Waals surface area contributed by atoms with Crippen LogP contribution in [0.3, 0.4) is 0 Å². The van der Waals surface area contributed by atoms with Crippen LogP contribution in [0.4, 0.5) is 0 Å². The predicted molar refractivity (Wildman–Crippen MR) is 71.8 cm³/mol. The average Bonchev–Trinajstić information content (AvgIpc) is 3.00. The summed E-state index contributed by atoms with van der Waals surface area (Å²) in [4.78, 5) is 2.29. The topological polar surface area (TPSA) is 63.4 Å².